The molecular formula is C12H12F2O4. The molecule has 6 heteroatoms. The monoisotopic (exact) mass is 258 g/mol. The van der Waals surface area contributed by atoms with E-state index >= 15 is 0 Å². The van der Waals surface area contributed by atoms with Gasteiger partial charge in [0.2, 0.25) is 0 Å². The van der Waals surface area contributed by atoms with Gasteiger partial charge in [-0.1, -0.05) is 12.1 Å². The van der Waals surface area contributed by atoms with Crippen LogP contribution < -0.4 is 0 Å². The van der Waals surface area contributed by atoms with Crippen molar-refractivity contribution < 1.29 is 28.2 Å². The lowest BCUT2D eigenvalue weighted by atomic mass is 10.0. The Balaban J connectivity index is 2.07. The highest BCUT2D eigenvalue weighted by atomic mass is 19.3. The molecule has 0 fully saturated rings. The Kier molecular flexibility index (Phi) is 3.58. The number of hydrogen-bond acceptors (Lipinski definition) is 3. The fourth-order valence-corrected chi connectivity index (χ4v) is 1.75. The predicted octanol–water partition coefficient (Wildman–Crippen LogP) is 1.91. The van der Waals surface area contributed by atoms with Gasteiger partial charge in [-0.15, -0.1) is 0 Å². The lowest BCUT2D eigenvalue weighted by molar-refractivity contribution is -0.147. The maximum atomic E-state index is 13.7. The molecule has 0 radical (unpaired) electrons. The zero-order valence-electron chi connectivity index (χ0n) is 9.49. The molecule has 1 aliphatic rings. The number of carboxylic acid groups (broad SMARTS) is 1. The van der Waals surface area contributed by atoms with Gasteiger partial charge in [0, 0.05) is 5.56 Å². The summed E-state index contributed by atoms with van der Waals surface area (Å²) in [6, 6.07) is 4.30. The molecule has 1 aromatic rings. The van der Waals surface area contributed by atoms with Crippen LogP contribution in [0, 0.1) is 0 Å². The largest absolute Gasteiger partial charge is 0.480 e. The van der Waals surface area contributed by atoms with Gasteiger partial charge in [0.25, 0.3) is 5.92 Å². The second-order valence-electron chi connectivity index (χ2n) is 4.07. The zero-order chi connectivity index (χ0) is 13.2. The molecule has 1 aliphatic heterocycles. The third-order valence-corrected chi connectivity index (χ3v) is 2.65. The molecular weight excluding hydrogens is 246 g/mol. The number of hydrogen-bond donors (Lipinski definition) is 1. The van der Waals surface area contributed by atoms with Crippen LogP contribution in [0.5, 0.6) is 0 Å². The minimum Gasteiger partial charge on any atom is -0.480 e. The van der Waals surface area contributed by atoms with E-state index in [-0.39, 0.29) is 5.56 Å². The van der Waals surface area contributed by atoms with Gasteiger partial charge in [-0.2, -0.15) is 8.78 Å². The second kappa shape index (κ2) is 4.99. The molecule has 1 aromatic carbocycles. The molecule has 98 valence electrons. The first-order chi connectivity index (χ1) is 8.49. The van der Waals surface area contributed by atoms with Crippen molar-refractivity contribution in [2.24, 2.45) is 0 Å². The molecule has 2 rings (SSSR count). The molecule has 0 amide bonds. The summed E-state index contributed by atoms with van der Waals surface area (Å²) in [7, 11) is 0. The molecule has 0 unspecified atom stereocenters. The van der Waals surface area contributed by atoms with E-state index in [1.165, 1.54) is 12.1 Å². The number of fused-ring (bicyclic) bond motifs is 1. The van der Waals surface area contributed by atoms with E-state index in [1.54, 1.807) is 6.07 Å². The summed E-state index contributed by atoms with van der Waals surface area (Å²) in [5, 5.41) is 8.32. The SMILES string of the molecule is O=C(O)COCC(F)(F)c1ccc2c(c1)COC2. The molecule has 0 aliphatic carbocycles. The van der Waals surface area contributed by atoms with E-state index in [4.69, 9.17) is 9.84 Å². The number of alkyl halides is 2. The van der Waals surface area contributed by atoms with Crippen molar-refractivity contribution in [2.45, 2.75) is 19.1 Å². The lowest BCUT2D eigenvalue weighted by Gasteiger charge is -2.17. The molecule has 0 aromatic heterocycles. The average molecular weight is 258 g/mol. The Morgan fingerprint density at radius 3 is 2.83 bits per heavy atom. The van der Waals surface area contributed by atoms with E-state index in [9.17, 15) is 13.6 Å². The van der Waals surface area contributed by atoms with E-state index in [0.717, 1.165) is 11.1 Å². The van der Waals surface area contributed by atoms with Crippen LogP contribution in [0.2, 0.25) is 0 Å². The van der Waals surface area contributed by atoms with Crippen molar-refractivity contribution in [2.75, 3.05) is 13.2 Å². The molecule has 4 nitrogen and oxygen atoms in total. The summed E-state index contributed by atoms with van der Waals surface area (Å²) in [4.78, 5) is 10.2. The lowest BCUT2D eigenvalue weighted by Crippen LogP contribution is -2.23. The normalized spacial score (nSPS) is 14.6. The maximum Gasteiger partial charge on any atom is 0.329 e. The molecule has 0 atom stereocenters. The first-order valence-corrected chi connectivity index (χ1v) is 5.36. The van der Waals surface area contributed by atoms with Crippen molar-refractivity contribution in [1.82, 2.24) is 0 Å². The van der Waals surface area contributed by atoms with Crippen LogP contribution in [0.3, 0.4) is 0 Å². The average Bonchev–Trinajstić information content (AvgIpc) is 2.74. The van der Waals surface area contributed by atoms with Gasteiger partial charge in [0.1, 0.15) is 13.2 Å². The van der Waals surface area contributed by atoms with Gasteiger partial charge in [0.15, 0.2) is 0 Å². The number of ether oxygens (including phenoxy) is 2. The molecule has 0 saturated heterocycles. The summed E-state index contributed by atoms with van der Waals surface area (Å²) < 4.78 is 37.0. The van der Waals surface area contributed by atoms with E-state index in [0.29, 0.717) is 13.2 Å². The second-order valence-corrected chi connectivity index (χ2v) is 4.07. The smallest absolute Gasteiger partial charge is 0.329 e. The van der Waals surface area contributed by atoms with Crippen molar-refractivity contribution in [3.05, 3.63) is 34.9 Å². The van der Waals surface area contributed by atoms with Crippen LogP contribution >= 0.6 is 0 Å². The van der Waals surface area contributed by atoms with E-state index in [1.807, 2.05) is 0 Å². The van der Waals surface area contributed by atoms with Crippen LogP contribution in [0.4, 0.5) is 8.78 Å². The van der Waals surface area contributed by atoms with E-state index in [2.05, 4.69) is 4.74 Å². The van der Waals surface area contributed by atoms with Gasteiger partial charge in [-0.25, -0.2) is 4.79 Å². The number of halogens is 2. The molecule has 1 heterocycles. The standard InChI is InChI=1S/C12H12F2O4/c13-12(14,7-18-6-11(15)16)10-2-1-8-4-17-5-9(8)3-10/h1-3H,4-7H2,(H,15,16). The summed E-state index contributed by atoms with van der Waals surface area (Å²) in [5.41, 5.74) is 1.46. The van der Waals surface area contributed by atoms with Crippen molar-refractivity contribution >= 4 is 5.97 Å². The summed E-state index contributed by atoms with van der Waals surface area (Å²) in [5.74, 6) is -4.47. The summed E-state index contributed by atoms with van der Waals surface area (Å²) >= 11 is 0. The number of carbonyl (C=O) groups is 1. The van der Waals surface area contributed by atoms with Crippen molar-refractivity contribution in [1.29, 1.82) is 0 Å². The van der Waals surface area contributed by atoms with E-state index < -0.39 is 25.1 Å². The highest BCUT2D eigenvalue weighted by Crippen LogP contribution is 2.31. The van der Waals surface area contributed by atoms with Gasteiger partial charge >= 0.3 is 5.97 Å². The first-order valence-electron chi connectivity index (χ1n) is 5.36. The highest BCUT2D eigenvalue weighted by Gasteiger charge is 2.33. The van der Waals surface area contributed by atoms with Gasteiger partial charge in [-0.05, 0) is 17.2 Å². The number of aliphatic carboxylic acids is 1. The summed E-state index contributed by atoms with van der Waals surface area (Å²) in [6.45, 7) is -0.908. The third-order valence-electron chi connectivity index (χ3n) is 2.65. The highest BCUT2D eigenvalue weighted by molar-refractivity contribution is 5.68. The van der Waals surface area contributed by atoms with Crippen LogP contribution in [0.25, 0.3) is 0 Å². The molecule has 0 bridgehead atoms. The van der Waals surface area contributed by atoms with Crippen molar-refractivity contribution in [3.63, 3.8) is 0 Å². The number of benzene rings is 1. The molecule has 0 saturated carbocycles. The number of carboxylic acids is 1. The quantitative estimate of drug-likeness (QED) is 0.876. The first kappa shape index (κ1) is 12.9. The Hall–Kier alpha value is -1.53. The Bertz CT molecular complexity index is 459. The number of rotatable bonds is 5. The minimum absolute atomic E-state index is 0.183. The Morgan fingerprint density at radius 1 is 1.39 bits per heavy atom. The van der Waals surface area contributed by atoms with Crippen molar-refractivity contribution in [3.8, 4) is 0 Å². The van der Waals surface area contributed by atoms with Crippen LogP contribution in [-0.4, -0.2) is 24.3 Å². The maximum absolute atomic E-state index is 13.7. The van der Waals surface area contributed by atoms with Gasteiger partial charge < -0.3 is 14.6 Å². The van der Waals surface area contributed by atoms with Gasteiger partial charge in [0.05, 0.1) is 13.2 Å². The van der Waals surface area contributed by atoms with Crippen LogP contribution in [0.15, 0.2) is 18.2 Å². The van der Waals surface area contributed by atoms with Crippen LogP contribution in [-0.2, 0) is 33.4 Å². The predicted molar refractivity (Wildman–Crippen MR) is 57.3 cm³/mol. The Labute approximate surface area is 102 Å². The summed E-state index contributed by atoms with van der Waals surface area (Å²) in [6.07, 6.45) is 0. The van der Waals surface area contributed by atoms with Gasteiger partial charge in [-0.3, -0.25) is 0 Å². The molecule has 18 heavy (non-hydrogen) atoms. The fraction of sp³-hybridized carbons (Fsp3) is 0.417. The zero-order valence-corrected chi connectivity index (χ0v) is 9.49. The third kappa shape index (κ3) is 2.83. The minimum atomic E-state index is -3.20. The Morgan fingerprint density at radius 2 is 2.11 bits per heavy atom. The molecule has 1 N–H and O–H groups in total. The molecule has 0 spiro atoms. The fourth-order valence-electron chi connectivity index (χ4n) is 1.75. The topological polar surface area (TPSA) is 55.8 Å². The van der Waals surface area contributed by atoms with Crippen LogP contribution in [0.1, 0.15) is 16.7 Å².